The third-order valence-electron chi connectivity index (χ3n) is 3.03. The van der Waals surface area contributed by atoms with E-state index in [4.69, 9.17) is 0 Å². The second-order valence-electron chi connectivity index (χ2n) is 5.32. The molecule has 0 bridgehead atoms. The van der Waals surface area contributed by atoms with Crippen molar-refractivity contribution in [2.75, 3.05) is 26.2 Å². The van der Waals surface area contributed by atoms with Crippen LogP contribution in [0.5, 0.6) is 0 Å². The molecular formula is C14H32N2. The van der Waals surface area contributed by atoms with Crippen LogP contribution in [-0.2, 0) is 0 Å². The molecule has 0 N–H and O–H groups in total. The van der Waals surface area contributed by atoms with Gasteiger partial charge in [0, 0.05) is 25.2 Å². The molecule has 0 aromatic rings. The van der Waals surface area contributed by atoms with Crippen LogP contribution in [0.2, 0.25) is 0 Å². The fourth-order valence-corrected chi connectivity index (χ4v) is 1.99. The van der Waals surface area contributed by atoms with Crippen LogP contribution in [0.25, 0.3) is 0 Å². The van der Waals surface area contributed by atoms with Gasteiger partial charge in [-0.25, -0.2) is 0 Å². The maximum Gasteiger partial charge on any atom is 0.0112 e. The molecule has 0 radical (unpaired) electrons. The van der Waals surface area contributed by atoms with Gasteiger partial charge in [-0.05, 0) is 47.2 Å². The van der Waals surface area contributed by atoms with Crippen molar-refractivity contribution in [1.82, 2.24) is 9.80 Å². The van der Waals surface area contributed by atoms with Gasteiger partial charge in [0.25, 0.3) is 0 Å². The Morgan fingerprint density at radius 2 is 1.06 bits per heavy atom. The normalized spacial score (nSPS) is 19.5. The Kier molecular flexibility index (Phi) is 8.96. The highest BCUT2D eigenvalue weighted by Crippen LogP contribution is 2.08. The summed E-state index contributed by atoms with van der Waals surface area (Å²) in [5.41, 5.74) is 0. The Balaban J connectivity index is 0.000000673. The van der Waals surface area contributed by atoms with Crippen LogP contribution in [0.15, 0.2) is 0 Å². The standard InChI is InChI=1S/C11H24N2.C3H8/c1-10(2)12-6-5-7-13(9-8-12)11(3)4;1-3-2/h10-11H,5-9H2,1-4H3;3H2,1-2H3. The lowest BCUT2D eigenvalue weighted by atomic mass is 10.3. The SMILES string of the molecule is CC(C)N1CCCN(C(C)C)CC1.CCC. The van der Waals surface area contributed by atoms with E-state index in [-0.39, 0.29) is 0 Å². The van der Waals surface area contributed by atoms with E-state index in [0.29, 0.717) is 12.1 Å². The van der Waals surface area contributed by atoms with E-state index in [1.54, 1.807) is 0 Å². The molecule has 98 valence electrons. The molecular weight excluding hydrogens is 196 g/mol. The van der Waals surface area contributed by atoms with Gasteiger partial charge < -0.3 is 0 Å². The first-order valence-electron chi connectivity index (χ1n) is 7.00. The Morgan fingerprint density at radius 1 is 0.750 bits per heavy atom. The molecule has 16 heavy (non-hydrogen) atoms. The molecule has 0 atom stereocenters. The predicted molar refractivity (Wildman–Crippen MR) is 74.0 cm³/mol. The van der Waals surface area contributed by atoms with Crippen LogP contribution in [0.4, 0.5) is 0 Å². The first-order valence-corrected chi connectivity index (χ1v) is 7.00. The van der Waals surface area contributed by atoms with Crippen LogP contribution >= 0.6 is 0 Å². The topological polar surface area (TPSA) is 6.48 Å². The van der Waals surface area contributed by atoms with Crippen LogP contribution in [0.1, 0.15) is 54.4 Å². The number of hydrogen-bond donors (Lipinski definition) is 0. The summed E-state index contributed by atoms with van der Waals surface area (Å²) >= 11 is 0. The van der Waals surface area contributed by atoms with Crippen molar-refractivity contribution < 1.29 is 0 Å². The minimum atomic E-state index is 0.715. The Bertz CT molecular complexity index is 139. The lowest BCUT2D eigenvalue weighted by Gasteiger charge is -2.26. The van der Waals surface area contributed by atoms with Gasteiger partial charge in [-0.2, -0.15) is 0 Å². The van der Waals surface area contributed by atoms with E-state index in [1.165, 1.54) is 39.0 Å². The summed E-state index contributed by atoms with van der Waals surface area (Å²) in [4.78, 5) is 5.17. The molecule has 2 nitrogen and oxygen atoms in total. The maximum absolute atomic E-state index is 2.59. The molecule has 0 unspecified atom stereocenters. The smallest absolute Gasteiger partial charge is 0.0112 e. The van der Waals surface area contributed by atoms with E-state index in [1.807, 2.05) is 0 Å². The van der Waals surface area contributed by atoms with Gasteiger partial charge in [0.15, 0.2) is 0 Å². The lowest BCUT2D eigenvalue weighted by Crippen LogP contribution is -2.37. The first kappa shape index (κ1) is 15.9. The Labute approximate surface area is 103 Å². The average Bonchev–Trinajstić information content (AvgIpc) is 2.43. The van der Waals surface area contributed by atoms with Gasteiger partial charge in [0.2, 0.25) is 0 Å². The van der Waals surface area contributed by atoms with Crippen molar-refractivity contribution in [3.8, 4) is 0 Å². The van der Waals surface area contributed by atoms with E-state index in [9.17, 15) is 0 Å². The van der Waals surface area contributed by atoms with E-state index < -0.39 is 0 Å². The Hall–Kier alpha value is -0.0800. The highest BCUT2D eigenvalue weighted by atomic mass is 15.2. The molecule has 1 rings (SSSR count). The highest BCUT2D eigenvalue weighted by Gasteiger charge is 2.17. The molecule has 1 heterocycles. The minimum Gasteiger partial charge on any atom is -0.300 e. The van der Waals surface area contributed by atoms with Crippen molar-refractivity contribution in [2.24, 2.45) is 0 Å². The summed E-state index contributed by atoms with van der Waals surface area (Å²) in [5.74, 6) is 0. The molecule has 1 saturated heterocycles. The minimum absolute atomic E-state index is 0.715. The van der Waals surface area contributed by atoms with Gasteiger partial charge in [-0.1, -0.05) is 20.3 Å². The number of rotatable bonds is 2. The molecule has 1 aliphatic rings. The molecule has 1 fully saturated rings. The number of hydrogen-bond acceptors (Lipinski definition) is 2. The molecule has 0 aliphatic carbocycles. The second-order valence-corrected chi connectivity index (χ2v) is 5.32. The van der Waals surface area contributed by atoms with Crippen LogP contribution in [0, 0.1) is 0 Å². The van der Waals surface area contributed by atoms with Crippen LogP contribution < -0.4 is 0 Å². The van der Waals surface area contributed by atoms with E-state index in [0.717, 1.165) is 0 Å². The quantitative estimate of drug-likeness (QED) is 0.716. The summed E-state index contributed by atoms with van der Waals surface area (Å²) in [6.45, 7) is 18.5. The van der Waals surface area contributed by atoms with Crippen molar-refractivity contribution >= 4 is 0 Å². The average molecular weight is 228 g/mol. The summed E-state index contributed by atoms with van der Waals surface area (Å²) in [5, 5.41) is 0. The third-order valence-corrected chi connectivity index (χ3v) is 3.03. The highest BCUT2D eigenvalue weighted by molar-refractivity contribution is 4.73. The predicted octanol–water partition coefficient (Wildman–Crippen LogP) is 3.23. The van der Waals surface area contributed by atoms with Gasteiger partial charge in [0.1, 0.15) is 0 Å². The van der Waals surface area contributed by atoms with Crippen LogP contribution in [0.3, 0.4) is 0 Å². The van der Waals surface area contributed by atoms with Gasteiger partial charge >= 0.3 is 0 Å². The first-order chi connectivity index (χ1) is 7.52. The Morgan fingerprint density at radius 3 is 1.31 bits per heavy atom. The second kappa shape index (κ2) is 9.00. The van der Waals surface area contributed by atoms with Gasteiger partial charge in [-0.15, -0.1) is 0 Å². The van der Waals surface area contributed by atoms with Gasteiger partial charge in [-0.3, -0.25) is 9.80 Å². The molecule has 0 saturated carbocycles. The lowest BCUT2D eigenvalue weighted by molar-refractivity contribution is 0.202. The van der Waals surface area contributed by atoms with Crippen LogP contribution in [-0.4, -0.2) is 48.1 Å². The molecule has 0 aromatic carbocycles. The molecule has 0 aromatic heterocycles. The summed E-state index contributed by atoms with van der Waals surface area (Å²) in [7, 11) is 0. The zero-order chi connectivity index (χ0) is 12.6. The van der Waals surface area contributed by atoms with Crippen molar-refractivity contribution in [1.29, 1.82) is 0 Å². The van der Waals surface area contributed by atoms with Gasteiger partial charge in [0.05, 0.1) is 0 Å². The number of nitrogens with zero attached hydrogens (tertiary/aromatic N) is 2. The van der Waals surface area contributed by atoms with E-state index in [2.05, 4.69) is 51.3 Å². The summed E-state index contributed by atoms with van der Waals surface area (Å²) < 4.78 is 0. The molecule has 0 amide bonds. The fraction of sp³-hybridized carbons (Fsp3) is 1.00. The van der Waals surface area contributed by atoms with Crippen molar-refractivity contribution in [3.05, 3.63) is 0 Å². The maximum atomic E-state index is 2.59. The largest absolute Gasteiger partial charge is 0.300 e. The molecule has 1 aliphatic heterocycles. The summed E-state index contributed by atoms with van der Waals surface area (Å²) in [6.07, 6.45) is 2.58. The molecule has 2 heteroatoms. The fourth-order valence-electron chi connectivity index (χ4n) is 1.99. The molecule has 0 spiro atoms. The van der Waals surface area contributed by atoms with Crippen molar-refractivity contribution in [2.45, 2.75) is 66.5 Å². The van der Waals surface area contributed by atoms with Crippen molar-refractivity contribution in [3.63, 3.8) is 0 Å². The zero-order valence-corrected chi connectivity index (χ0v) is 12.3. The summed E-state index contributed by atoms with van der Waals surface area (Å²) in [6, 6.07) is 1.43. The monoisotopic (exact) mass is 228 g/mol. The third kappa shape index (κ3) is 6.49. The zero-order valence-electron chi connectivity index (χ0n) is 12.3. The van der Waals surface area contributed by atoms with E-state index >= 15 is 0 Å².